The van der Waals surface area contributed by atoms with Gasteiger partial charge in [0.25, 0.3) is 0 Å². The lowest BCUT2D eigenvalue weighted by atomic mass is 10.5. The summed E-state index contributed by atoms with van der Waals surface area (Å²) in [6.07, 6.45) is -0.299. The van der Waals surface area contributed by atoms with Gasteiger partial charge in [-0.25, -0.2) is 0 Å². The molecule has 5 heteroatoms. The molecule has 52 valence electrons. The summed E-state index contributed by atoms with van der Waals surface area (Å²) in [6, 6.07) is 0. The van der Waals surface area contributed by atoms with Crippen molar-refractivity contribution in [3.05, 3.63) is 0 Å². The Labute approximate surface area is 61.2 Å². The highest BCUT2D eigenvalue weighted by molar-refractivity contribution is 9.09. The van der Waals surface area contributed by atoms with E-state index in [9.17, 15) is 8.78 Å². The summed E-state index contributed by atoms with van der Waals surface area (Å²) < 4.78 is 23.1. The molecule has 0 aromatic rings. The van der Waals surface area contributed by atoms with Crippen molar-refractivity contribution in [1.29, 1.82) is 0 Å². The molecule has 0 heterocycles. The summed E-state index contributed by atoms with van der Waals surface area (Å²) in [5, 5.41) is 0. The number of alkyl halides is 3. The summed E-state index contributed by atoms with van der Waals surface area (Å²) in [5.74, 6) is 0. The van der Waals surface area contributed by atoms with Crippen LogP contribution in [0.4, 0.5) is 8.78 Å². The van der Waals surface area contributed by atoms with Gasteiger partial charge in [0.2, 0.25) is 0 Å². The van der Waals surface area contributed by atoms with Crippen molar-refractivity contribution >= 4 is 28.3 Å². The Bertz CT molecular complexity index is 55.7. The molecule has 0 aliphatic carbocycles. The van der Waals surface area contributed by atoms with Crippen molar-refractivity contribution in [2.75, 3.05) is 6.54 Å². The van der Waals surface area contributed by atoms with Crippen molar-refractivity contribution < 1.29 is 8.78 Å². The van der Waals surface area contributed by atoms with Crippen LogP contribution >= 0.6 is 28.3 Å². The lowest BCUT2D eigenvalue weighted by Crippen LogP contribution is -2.12. The molecule has 0 aliphatic heterocycles. The molecule has 0 amide bonds. The number of rotatable bonds is 2. The maximum Gasteiger partial charge on any atom is 0.302 e. The van der Waals surface area contributed by atoms with Gasteiger partial charge in [-0.3, -0.25) is 0 Å². The van der Waals surface area contributed by atoms with E-state index in [0.29, 0.717) is 0 Å². The highest BCUT2D eigenvalue weighted by Gasteiger charge is 2.21. The lowest BCUT2D eigenvalue weighted by Gasteiger charge is -2.02. The third-order valence-electron chi connectivity index (χ3n) is 0.428. The van der Waals surface area contributed by atoms with E-state index >= 15 is 0 Å². The smallest absolute Gasteiger partial charge is 0.302 e. The van der Waals surface area contributed by atoms with E-state index in [1.807, 2.05) is 0 Å². The molecule has 8 heavy (non-hydrogen) atoms. The minimum absolute atomic E-state index is 0. The van der Waals surface area contributed by atoms with Gasteiger partial charge in [-0.05, 0) is 22.5 Å². The maximum atomic E-state index is 11.6. The molecule has 0 saturated carbocycles. The molecule has 0 aromatic heterocycles. The highest BCUT2D eigenvalue weighted by Crippen LogP contribution is 2.24. The van der Waals surface area contributed by atoms with Gasteiger partial charge in [0.1, 0.15) is 0 Å². The van der Waals surface area contributed by atoms with Gasteiger partial charge in [0.05, 0.1) is 0 Å². The standard InChI is InChI=1S/C3H6BrF2N.ClH/c4-3(5,6)1-2-7;/h1-2,7H2;1H. The summed E-state index contributed by atoms with van der Waals surface area (Å²) in [7, 11) is 0. The van der Waals surface area contributed by atoms with E-state index in [1.165, 1.54) is 0 Å². The average Bonchev–Trinajstić information content (AvgIpc) is 1.30. The maximum absolute atomic E-state index is 11.6. The second-order valence-corrected chi connectivity index (χ2v) is 2.31. The summed E-state index contributed by atoms with van der Waals surface area (Å²) >= 11 is 2.13. The van der Waals surface area contributed by atoms with Crippen LogP contribution in [0.3, 0.4) is 0 Å². The quantitative estimate of drug-likeness (QED) is 0.691. The van der Waals surface area contributed by atoms with Crippen molar-refractivity contribution in [3.8, 4) is 0 Å². The number of nitrogens with two attached hydrogens (primary N) is 1. The molecule has 0 saturated heterocycles. The van der Waals surface area contributed by atoms with Gasteiger partial charge in [0.15, 0.2) is 0 Å². The fraction of sp³-hybridized carbons (Fsp3) is 1.00. The predicted octanol–water partition coefficient (Wildman–Crippen LogP) is 1.74. The summed E-state index contributed by atoms with van der Waals surface area (Å²) in [5.41, 5.74) is 4.80. The minimum Gasteiger partial charge on any atom is -0.330 e. The summed E-state index contributed by atoms with van der Waals surface area (Å²) in [4.78, 5) is -2.76. The Morgan fingerprint density at radius 2 is 1.88 bits per heavy atom. The largest absolute Gasteiger partial charge is 0.330 e. The van der Waals surface area contributed by atoms with Crippen LogP contribution in [0.25, 0.3) is 0 Å². The van der Waals surface area contributed by atoms with Crippen LogP contribution in [-0.2, 0) is 0 Å². The van der Waals surface area contributed by atoms with Crippen LogP contribution < -0.4 is 5.73 Å². The van der Waals surface area contributed by atoms with Gasteiger partial charge >= 0.3 is 4.83 Å². The van der Waals surface area contributed by atoms with Crippen LogP contribution in [0.5, 0.6) is 0 Å². The van der Waals surface area contributed by atoms with E-state index in [-0.39, 0.29) is 25.4 Å². The molecule has 0 atom stereocenters. The molecule has 0 aromatic carbocycles. The molecule has 0 spiro atoms. The Kier molecular flexibility index (Phi) is 6.36. The number of hydrogen-bond acceptors (Lipinski definition) is 1. The van der Waals surface area contributed by atoms with Gasteiger partial charge in [-0.2, -0.15) is 8.78 Å². The molecule has 1 nitrogen and oxygen atoms in total. The monoisotopic (exact) mass is 209 g/mol. The van der Waals surface area contributed by atoms with Crippen molar-refractivity contribution in [2.45, 2.75) is 11.3 Å². The Morgan fingerprint density at radius 3 is 1.88 bits per heavy atom. The van der Waals surface area contributed by atoms with Gasteiger partial charge in [-0.15, -0.1) is 12.4 Å². The number of hydrogen-bond donors (Lipinski definition) is 1. The first kappa shape index (κ1) is 11.4. The van der Waals surface area contributed by atoms with Crippen LogP contribution in [0, 0.1) is 0 Å². The van der Waals surface area contributed by atoms with Crippen LogP contribution in [0.15, 0.2) is 0 Å². The van der Waals surface area contributed by atoms with E-state index in [1.54, 1.807) is 0 Å². The third-order valence-corrected chi connectivity index (χ3v) is 0.824. The minimum atomic E-state index is -2.76. The first-order valence-corrected chi connectivity index (χ1v) is 2.62. The topological polar surface area (TPSA) is 26.0 Å². The van der Waals surface area contributed by atoms with Gasteiger partial charge in [-0.1, -0.05) is 0 Å². The molecule has 0 fully saturated rings. The van der Waals surface area contributed by atoms with Crippen molar-refractivity contribution in [3.63, 3.8) is 0 Å². The highest BCUT2D eigenvalue weighted by atomic mass is 79.9. The molecule has 2 N–H and O–H groups in total. The van der Waals surface area contributed by atoms with Crippen LogP contribution in [-0.4, -0.2) is 11.4 Å². The van der Waals surface area contributed by atoms with Crippen molar-refractivity contribution in [2.24, 2.45) is 5.73 Å². The average molecular weight is 210 g/mol. The van der Waals surface area contributed by atoms with E-state index in [2.05, 4.69) is 15.9 Å². The van der Waals surface area contributed by atoms with E-state index in [4.69, 9.17) is 5.73 Å². The predicted molar refractivity (Wildman–Crippen MR) is 34.8 cm³/mol. The van der Waals surface area contributed by atoms with E-state index < -0.39 is 4.83 Å². The van der Waals surface area contributed by atoms with Gasteiger partial charge < -0.3 is 5.73 Å². The number of halogens is 4. The second-order valence-electron chi connectivity index (χ2n) is 1.15. The molecule has 0 radical (unpaired) electrons. The normalized spacial score (nSPS) is 10.5. The third kappa shape index (κ3) is 9.77. The van der Waals surface area contributed by atoms with Gasteiger partial charge in [0, 0.05) is 6.42 Å². The Morgan fingerprint density at radius 1 is 1.50 bits per heavy atom. The molecule has 0 aliphatic rings. The second kappa shape index (κ2) is 4.47. The Balaban J connectivity index is 0. The zero-order valence-corrected chi connectivity index (χ0v) is 6.44. The van der Waals surface area contributed by atoms with Crippen LogP contribution in [0.1, 0.15) is 6.42 Å². The Hall–Kier alpha value is 0.590. The molecule has 0 unspecified atom stereocenters. The molecular formula is C3H7BrClF2N. The van der Waals surface area contributed by atoms with Crippen molar-refractivity contribution in [1.82, 2.24) is 0 Å². The fourth-order valence-corrected chi connectivity index (χ4v) is 0.393. The first-order chi connectivity index (χ1) is 3.06. The molecule has 0 bridgehead atoms. The molecular weight excluding hydrogens is 203 g/mol. The molecule has 0 rings (SSSR count). The lowest BCUT2D eigenvalue weighted by molar-refractivity contribution is 0.107. The van der Waals surface area contributed by atoms with Crippen LogP contribution in [0.2, 0.25) is 0 Å². The zero-order chi connectivity index (χ0) is 5.91. The zero-order valence-electron chi connectivity index (χ0n) is 4.03. The first-order valence-electron chi connectivity index (χ1n) is 1.83. The fourth-order valence-electron chi connectivity index (χ4n) is 0.164. The summed E-state index contributed by atoms with van der Waals surface area (Å²) in [6.45, 7) is 0.0122. The SMILES string of the molecule is Cl.NCCC(F)(F)Br. The van der Waals surface area contributed by atoms with E-state index in [0.717, 1.165) is 0 Å².